The minimum atomic E-state index is -0.582. The van der Waals surface area contributed by atoms with E-state index < -0.39 is 12.0 Å². The summed E-state index contributed by atoms with van der Waals surface area (Å²) in [5, 5.41) is 2.81. The van der Waals surface area contributed by atoms with Gasteiger partial charge in [0.05, 0.1) is 25.5 Å². The molecule has 140 valence electrons. The average Bonchev–Trinajstić information content (AvgIpc) is 2.57. The van der Waals surface area contributed by atoms with Crippen LogP contribution in [0, 0.1) is 5.82 Å². The lowest BCUT2D eigenvalue weighted by molar-refractivity contribution is -0.143. The van der Waals surface area contributed by atoms with Crippen LogP contribution in [0.3, 0.4) is 0 Å². The van der Waals surface area contributed by atoms with Crippen LogP contribution in [0.1, 0.15) is 30.5 Å². The highest BCUT2D eigenvalue weighted by Crippen LogP contribution is 2.18. The quantitative estimate of drug-likeness (QED) is 0.571. The number of rotatable bonds is 7. The molecular formula is C19H22ClFN2O3. The second kappa shape index (κ2) is 10.4. The van der Waals surface area contributed by atoms with E-state index in [-0.39, 0.29) is 43.6 Å². The molecule has 2 aromatic rings. The Labute approximate surface area is 158 Å². The molecule has 1 amide bonds. The smallest absolute Gasteiger partial charge is 0.308 e. The number of anilines is 1. The van der Waals surface area contributed by atoms with Crippen LogP contribution in [0.15, 0.2) is 48.5 Å². The van der Waals surface area contributed by atoms with E-state index >= 15 is 0 Å². The first-order valence-electron chi connectivity index (χ1n) is 8.02. The zero-order valence-corrected chi connectivity index (χ0v) is 15.2. The van der Waals surface area contributed by atoms with Gasteiger partial charge in [-0.25, -0.2) is 4.39 Å². The molecule has 0 aromatic heterocycles. The van der Waals surface area contributed by atoms with E-state index in [1.54, 1.807) is 43.3 Å². The Kier molecular flexibility index (Phi) is 8.58. The highest BCUT2D eigenvalue weighted by molar-refractivity contribution is 5.85. The summed E-state index contributed by atoms with van der Waals surface area (Å²) >= 11 is 0. The largest absolute Gasteiger partial charge is 0.466 e. The van der Waals surface area contributed by atoms with Gasteiger partial charge in [-0.05, 0) is 42.3 Å². The van der Waals surface area contributed by atoms with Crippen molar-refractivity contribution < 1.29 is 18.7 Å². The van der Waals surface area contributed by atoms with E-state index in [0.717, 1.165) is 5.56 Å². The summed E-state index contributed by atoms with van der Waals surface area (Å²) in [7, 11) is 0. The van der Waals surface area contributed by atoms with Crippen molar-refractivity contribution in [2.45, 2.75) is 25.8 Å². The van der Waals surface area contributed by atoms with Crippen LogP contribution in [0.4, 0.5) is 10.1 Å². The van der Waals surface area contributed by atoms with E-state index in [2.05, 4.69) is 5.32 Å². The second-order valence-corrected chi connectivity index (χ2v) is 5.60. The molecule has 0 radical (unpaired) electrons. The van der Waals surface area contributed by atoms with Crippen molar-refractivity contribution in [2.24, 2.45) is 0 Å². The van der Waals surface area contributed by atoms with Gasteiger partial charge in [0.25, 0.3) is 0 Å². The molecule has 1 atom stereocenters. The lowest BCUT2D eigenvalue weighted by Gasteiger charge is -2.18. The highest BCUT2D eigenvalue weighted by atomic mass is 35.5. The summed E-state index contributed by atoms with van der Waals surface area (Å²) in [6.45, 7) is 1.97. The van der Waals surface area contributed by atoms with Crippen molar-refractivity contribution in [1.29, 1.82) is 0 Å². The SMILES string of the molecule is CCOC(=O)CC(NC(=O)Cc1ccc(N)cc1)c1ccc(F)cc1.Cl. The number of halogens is 2. The molecule has 2 rings (SSSR count). The maximum atomic E-state index is 13.1. The van der Waals surface area contributed by atoms with E-state index in [4.69, 9.17) is 10.5 Å². The Morgan fingerprint density at radius 2 is 1.73 bits per heavy atom. The van der Waals surface area contributed by atoms with Crippen LogP contribution < -0.4 is 11.1 Å². The number of esters is 1. The monoisotopic (exact) mass is 380 g/mol. The van der Waals surface area contributed by atoms with Gasteiger partial charge in [0.1, 0.15) is 5.82 Å². The molecule has 0 saturated carbocycles. The number of hydrogen-bond acceptors (Lipinski definition) is 4. The van der Waals surface area contributed by atoms with Crippen molar-refractivity contribution in [3.63, 3.8) is 0 Å². The van der Waals surface area contributed by atoms with Crippen LogP contribution in [0.2, 0.25) is 0 Å². The molecule has 0 aliphatic carbocycles. The summed E-state index contributed by atoms with van der Waals surface area (Å²) < 4.78 is 18.1. The summed E-state index contributed by atoms with van der Waals surface area (Å²) in [6, 6.07) is 12.1. The van der Waals surface area contributed by atoms with E-state index in [1.165, 1.54) is 12.1 Å². The fraction of sp³-hybridized carbons (Fsp3) is 0.263. The Bertz CT molecular complexity index is 721. The number of benzene rings is 2. The van der Waals surface area contributed by atoms with Gasteiger partial charge in [0.2, 0.25) is 5.91 Å². The first-order valence-corrected chi connectivity index (χ1v) is 8.02. The maximum absolute atomic E-state index is 13.1. The third kappa shape index (κ3) is 6.72. The molecule has 3 N–H and O–H groups in total. The predicted octanol–water partition coefficient (Wildman–Crippen LogP) is 3.18. The number of hydrogen-bond donors (Lipinski definition) is 2. The summed E-state index contributed by atoms with van der Waals surface area (Å²) in [4.78, 5) is 24.1. The maximum Gasteiger partial charge on any atom is 0.308 e. The van der Waals surface area contributed by atoms with E-state index in [1.807, 2.05) is 0 Å². The fourth-order valence-electron chi connectivity index (χ4n) is 2.40. The van der Waals surface area contributed by atoms with Crippen LogP contribution in [-0.2, 0) is 20.7 Å². The van der Waals surface area contributed by atoms with Crippen molar-refractivity contribution >= 4 is 30.0 Å². The molecule has 0 spiro atoms. The topological polar surface area (TPSA) is 81.4 Å². The number of nitrogens with two attached hydrogens (primary N) is 1. The number of carbonyl (C=O) groups is 2. The molecule has 0 fully saturated rings. The van der Waals surface area contributed by atoms with Gasteiger partial charge in [-0.1, -0.05) is 24.3 Å². The third-order valence-corrected chi connectivity index (χ3v) is 3.63. The van der Waals surface area contributed by atoms with E-state index in [9.17, 15) is 14.0 Å². The molecule has 26 heavy (non-hydrogen) atoms. The van der Waals surface area contributed by atoms with Gasteiger partial charge < -0.3 is 15.8 Å². The second-order valence-electron chi connectivity index (χ2n) is 5.60. The number of ether oxygens (including phenoxy) is 1. The standard InChI is InChI=1S/C19H21FN2O3.ClH/c1-2-25-19(24)12-17(14-5-7-15(20)8-6-14)22-18(23)11-13-3-9-16(21)10-4-13;/h3-10,17H,2,11-12,21H2,1H3,(H,22,23);1H. The van der Waals surface area contributed by atoms with Crippen LogP contribution in [0.25, 0.3) is 0 Å². The average molecular weight is 381 g/mol. The molecule has 0 heterocycles. The number of nitrogens with one attached hydrogen (secondary N) is 1. The molecule has 5 nitrogen and oxygen atoms in total. The van der Waals surface area contributed by atoms with Gasteiger partial charge in [0, 0.05) is 5.69 Å². The third-order valence-electron chi connectivity index (χ3n) is 3.63. The molecule has 0 aliphatic rings. The zero-order chi connectivity index (χ0) is 18.2. The Morgan fingerprint density at radius 3 is 2.31 bits per heavy atom. The molecule has 1 unspecified atom stereocenters. The minimum absolute atomic E-state index is 0. The van der Waals surface area contributed by atoms with Gasteiger partial charge in [-0.2, -0.15) is 0 Å². The first kappa shape index (κ1) is 21.4. The first-order chi connectivity index (χ1) is 12.0. The Balaban J connectivity index is 0.00000338. The van der Waals surface area contributed by atoms with Gasteiger partial charge in [-0.15, -0.1) is 12.4 Å². The number of nitrogen functional groups attached to an aromatic ring is 1. The number of amides is 1. The highest BCUT2D eigenvalue weighted by Gasteiger charge is 2.19. The van der Waals surface area contributed by atoms with Gasteiger partial charge in [0.15, 0.2) is 0 Å². The summed E-state index contributed by atoms with van der Waals surface area (Å²) in [6.07, 6.45) is 0.133. The van der Waals surface area contributed by atoms with Crippen molar-refractivity contribution in [2.75, 3.05) is 12.3 Å². The van der Waals surface area contributed by atoms with Crippen molar-refractivity contribution in [3.05, 3.63) is 65.5 Å². The van der Waals surface area contributed by atoms with Gasteiger partial charge >= 0.3 is 5.97 Å². The zero-order valence-electron chi connectivity index (χ0n) is 14.4. The predicted molar refractivity (Wildman–Crippen MR) is 100 cm³/mol. The van der Waals surface area contributed by atoms with Crippen LogP contribution in [-0.4, -0.2) is 18.5 Å². The fourth-order valence-corrected chi connectivity index (χ4v) is 2.40. The Morgan fingerprint density at radius 1 is 1.12 bits per heavy atom. The lowest BCUT2D eigenvalue weighted by Crippen LogP contribution is -2.31. The molecule has 7 heteroatoms. The lowest BCUT2D eigenvalue weighted by atomic mass is 10.0. The van der Waals surface area contributed by atoms with E-state index in [0.29, 0.717) is 11.3 Å². The molecule has 0 saturated heterocycles. The van der Waals surface area contributed by atoms with Crippen LogP contribution >= 0.6 is 12.4 Å². The van der Waals surface area contributed by atoms with Gasteiger partial charge in [-0.3, -0.25) is 9.59 Å². The molecule has 2 aromatic carbocycles. The molecule has 0 aliphatic heterocycles. The molecule has 0 bridgehead atoms. The summed E-state index contributed by atoms with van der Waals surface area (Å²) in [5.74, 6) is -1.06. The normalized spacial score (nSPS) is 11.2. The summed E-state index contributed by atoms with van der Waals surface area (Å²) in [5.41, 5.74) is 7.69. The molecular weight excluding hydrogens is 359 g/mol. The van der Waals surface area contributed by atoms with Crippen LogP contribution in [0.5, 0.6) is 0 Å². The minimum Gasteiger partial charge on any atom is -0.466 e. The van der Waals surface area contributed by atoms with Crippen molar-refractivity contribution in [1.82, 2.24) is 5.32 Å². The van der Waals surface area contributed by atoms with Crippen molar-refractivity contribution in [3.8, 4) is 0 Å². The number of carbonyl (C=O) groups excluding carboxylic acids is 2. The Hall–Kier alpha value is -2.60.